The van der Waals surface area contributed by atoms with Crippen molar-refractivity contribution in [3.63, 3.8) is 0 Å². The van der Waals surface area contributed by atoms with Crippen LogP contribution < -0.4 is 10.6 Å². The fourth-order valence-corrected chi connectivity index (χ4v) is 2.73. The van der Waals surface area contributed by atoms with E-state index in [1.54, 1.807) is 48.5 Å². The van der Waals surface area contributed by atoms with Crippen molar-refractivity contribution in [2.24, 2.45) is 0 Å². The van der Waals surface area contributed by atoms with Gasteiger partial charge in [0.15, 0.2) is 0 Å². The average molecular weight is 401 g/mol. The molecule has 0 aliphatic rings. The first-order chi connectivity index (χ1) is 14.4. The Morgan fingerprint density at radius 2 is 1.47 bits per heavy atom. The molecule has 3 aromatic carbocycles. The van der Waals surface area contributed by atoms with Crippen molar-refractivity contribution in [1.82, 2.24) is 0 Å². The topological polar surface area (TPSA) is 101 Å². The Bertz CT molecular complexity index is 1100. The molecular weight excluding hydrogens is 382 g/mol. The second kappa shape index (κ2) is 9.29. The summed E-state index contributed by atoms with van der Waals surface area (Å²) in [5.41, 5.74) is 3.34. The minimum absolute atomic E-state index is 0.00814. The van der Waals surface area contributed by atoms with Gasteiger partial charge in [0.1, 0.15) is 0 Å². The van der Waals surface area contributed by atoms with Crippen molar-refractivity contribution in [2.75, 3.05) is 10.6 Å². The van der Waals surface area contributed by atoms with E-state index in [0.717, 1.165) is 5.56 Å². The summed E-state index contributed by atoms with van der Waals surface area (Å²) in [5.74, 6) is -0.541. The van der Waals surface area contributed by atoms with Gasteiger partial charge in [0.25, 0.3) is 11.6 Å². The number of amides is 2. The standard InChI is InChI=1S/C23H19N3O4/c1-16-4-2-3-5-21(16)23(28)25-19-11-9-18(10-12-19)24-22(27)15-8-17-6-13-20(14-7-17)26(29)30/h2-15H,1H3,(H,24,27)(H,25,28)/b15-8+. The molecule has 0 atom stereocenters. The largest absolute Gasteiger partial charge is 0.323 e. The summed E-state index contributed by atoms with van der Waals surface area (Å²) in [4.78, 5) is 34.6. The highest BCUT2D eigenvalue weighted by molar-refractivity contribution is 6.05. The number of nitro groups is 1. The van der Waals surface area contributed by atoms with Gasteiger partial charge in [-0.05, 0) is 66.6 Å². The zero-order chi connectivity index (χ0) is 21.5. The SMILES string of the molecule is Cc1ccccc1C(=O)Nc1ccc(NC(=O)/C=C/c2ccc([N+](=O)[O-])cc2)cc1. The van der Waals surface area contributed by atoms with E-state index in [1.165, 1.54) is 18.2 Å². The monoisotopic (exact) mass is 401 g/mol. The molecule has 0 aromatic heterocycles. The normalized spacial score (nSPS) is 10.6. The number of aryl methyl sites for hydroxylation is 1. The second-order valence-electron chi connectivity index (χ2n) is 6.52. The van der Waals surface area contributed by atoms with Crippen LogP contribution in [0.3, 0.4) is 0 Å². The first kappa shape index (κ1) is 20.5. The molecule has 2 N–H and O–H groups in total. The lowest BCUT2D eigenvalue weighted by molar-refractivity contribution is -0.384. The van der Waals surface area contributed by atoms with Gasteiger partial charge in [0, 0.05) is 35.1 Å². The molecule has 0 bridgehead atoms. The van der Waals surface area contributed by atoms with Gasteiger partial charge in [0.2, 0.25) is 5.91 Å². The molecule has 0 unspecified atom stereocenters. The number of nitrogens with one attached hydrogen (secondary N) is 2. The second-order valence-corrected chi connectivity index (χ2v) is 6.52. The molecule has 0 radical (unpaired) electrons. The Kier molecular flexibility index (Phi) is 6.34. The number of carbonyl (C=O) groups excluding carboxylic acids is 2. The van der Waals surface area contributed by atoms with Gasteiger partial charge in [0.05, 0.1) is 4.92 Å². The van der Waals surface area contributed by atoms with Crippen molar-refractivity contribution >= 4 is 35.0 Å². The molecule has 3 aromatic rings. The van der Waals surface area contributed by atoms with Crippen LogP contribution in [-0.4, -0.2) is 16.7 Å². The summed E-state index contributed by atoms with van der Waals surface area (Å²) in [6.07, 6.45) is 2.91. The van der Waals surface area contributed by atoms with Crippen LogP contribution in [0.4, 0.5) is 17.1 Å². The minimum atomic E-state index is -0.479. The predicted molar refractivity (Wildman–Crippen MR) is 116 cm³/mol. The van der Waals surface area contributed by atoms with Crippen LogP contribution >= 0.6 is 0 Å². The number of nitrogens with zero attached hydrogens (tertiary/aromatic N) is 1. The third-order valence-corrected chi connectivity index (χ3v) is 4.33. The van der Waals surface area contributed by atoms with E-state index in [0.29, 0.717) is 22.5 Å². The Balaban J connectivity index is 1.57. The van der Waals surface area contributed by atoms with E-state index >= 15 is 0 Å². The third kappa shape index (κ3) is 5.39. The average Bonchev–Trinajstić information content (AvgIpc) is 2.74. The maximum absolute atomic E-state index is 12.3. The van der Waals surface area contributed by atoms with Crippen LogP contribution in [0.25, 0.3) is 6.08 Å². The zero-order valence-electron chi connectivity index (χ0n) is 16.2. The molecular formula is C23H19N3O4. The fraction of sp³-hybridized carbons (Fsp3) is 0.0435. The van der Waals surface area contributed by atoms with Crippen molar-refractivity contribution in [2.45, 2.75) is 6.92 Å². The lowest BCUT2D eigenvalue weighted by atomic mass is 10.1. The Morgan fingerprint density at radius 1 is 0.867 bits per heavy atom. The lowest BCUT2D eigenvalue weighted by Gasteiger charge is -2.08. The number of benzene rings is 3. The molecule has 150 valence electrons. The smallest absolute Gasteiger partial charge is 0.269 e. The number of non-ortho nitro benzene ring substituents is 1. The van der Waals surface area contributed by atoms with Crippen molar-refractivity contribution in [3.05, 3.63) is 106 Å². The quantitative estimate of drug-likeness (QED) is 0.352. The molecule has 0 saturated carbocycles. The summed E-state index contributed by atoms with van der Waals surface area (Å²) in [5, 5.41) is 16.2. The highest BCUT2D eigenvalue weighted by Crippen LogP contribution is 2.17. The first-order valence-corrected chi connectivity index (χ1v) is 9.13. The molecule has 0 heterocycles. The molecule has 7 heteroatoms. The van der Waals surface area contributed by atoms with Crippen LogP contribution in [0.15, 0.2) is 78.9 Å². The number of nitro benzene ring substituents is 1. The van der Waals surface area contributed by atoms with Gasteiger partial charge in [-0.15, -0.1) is 0 Å². The number of rotatable bonds is 6. The van der Waals surface area contributed by atoms with Crippen molar-refractivity contribution < 1.29 is 14.5 Å². The Labute approximate surface area is 173 Å². The molecule has 0 saturated heterocycles. The van der Waals surface area contributed by atoms with Gasteiger partial charge in [-0.25, -0.2) is 0 Å². The predicted octanol–water partition coefficient (Wildman–Crippen LogP) is 4.81. The summed E-state index contributed by atoms with van der Waals surface area (Å²) in [6, 6.07) is 20.0. The molecule has 0 aliphatic heterocycles. The number of hydrogen-bond donors (Lipinski definition) is 2. The zero-order valence-corrected chi connectivity index (χ0v) is 16.2. The van der Waals surface area contributed by atoms with Crippen LogP contribution in [0.5, 0.6) is 0 Å². The lowest BCUT2D eigenvalue weighted by Crippen LogP contribution is -2.13. The highest BCUT2D eigenvalue weighted by atomic mass is 16.6. The van der Waals surface area contributed by atoms with Gasteiger partial charge >= 0.3 is 0 Å². The van der Waals surface area contributed by atoms with Crippen LogP contribution in [0.2, 0.25) is 0 Å². The van der Waals surface area contributed by atoms with E-state index < -0.39 is 4.92 Å². The van der Waals surface area contributed by atoms with Crippen molar-refractivity contribution in [3.8, 4) is 0 Å². The minimum Gasteiger partial charge on any atom is -0.323 e. The number of hydrogen-bond acceptors (Lipinski definition) is 4. The molecule has 0 fully saturated rings. The number of carbonyl (C=O) groups is 2. The molecule has 2 amide bonds. The Morgan fingerprint density at radius 3 is 2.07 bits per heavy atom. The first-order valence-electron chi connectivity index (χ1n) is 9.13. The van der Waals surface area contributed by atoms with E-state index in [9.17, 15) is 19.7 Å². The van der Waals surface area contributed by atoms with Crippen LogP contribution in [0.1, 0.15) is 21.5 Å². The summed E-state index contributed by atoms with van der Waals surface area (Å²) >= 11 is 0. The fourth-order valence-electron chi connectivity index (χ4n) is 2.73. The van der Waals surface area contributed by atoms with Crippen LogP contribution in [0, 0.1) is 17.0 Å². The maximum Gasteiger partial charge on any atom is 0.269 e. The van der Waals surface area contributed by atoms with Crippen molar-refractivity contribution in [1.29, 1.82) is 0 Å². The van der Waals surface area contributed by atoms with Gasteiger partial charge in [-0.3, -0.25) is 19.7 Å². The number of anilines is 2. The summed E-state index contributed by atoms with van der Waals surface area (Å²) < 4.78 is 0. The van der Waals surface area contributed by atoms with E-state index in [1.807, 2.05) is 25.1 Å². The summed E-state index contributed by atoms with van der Waals surface area (Å²) in [7, 11) is 0. The molecule has 30 heavy (non-hydrogen) atoms. The van der Waals surface area contributed by atoms with E-state index in [4.69, 9.17) is 0 Å². The maximum atomic E-state index is 12.3. The van der Waals surface area contributed by atoms with E-state index in [2.05, 4.69) is 10.6 Å². The molecule has 0 spiro atoms. The van der Waals surface area contributed by atoms with E-state index in [-0.39, 0.29) is 17.5 Å². The molecule has 3 rings (SSSR count). The third-order valence-electron chi connectivity index (χ3n) is 4.33. The van der Waals surface area contributed by atoms with Gasteiger partial charge < -0.3 is 10.6 Å². The van der Waals surface area contributed by atoms with Crippen LogP contribution in [-0.2, 0) is 4.79 Å². The van der Waals surface area contributed by atoms with Gasteiger partial charge in [-0.2, -0.15) is 0 Å². The van der Waals surface area contributed by atoms with Gasteiger partial charge in [-0.1, -0.05) is 18.2 Å². The molecule has 0 aliphatic carbocycles. The molecule has 7 nitrogen and oxygen atoms in total. The highest BCUT2D eigenvalue weighted by Gasteiger charge is 2.08. The summed E-state index contributed by atoms with van der Waals surface area (Å²) in [6.45, 7) is 1.87. The Hall–Kier alpha value is -4.26.